The fourth-order valence-electron chi connectivity index (χ4n) is 2.46. The molecule has 0 aliphatic heterocycles. The molecular formula is C18H14ClF2NO. The first-order valence-corrected chi connectivity index (χ1v) is 7.54. The van der Waals surface area contributed by atoms with E-state index in [0.717, 1.165) is 11.5 Å². The molecule has 0 radical (unpaired) electrons. The number of ether oxygens (including phenoxy) is 1. The summed E-state index contributed by atoms with van der Waals surface area (Å²) in [5.74, 6) is -0.856. The average molecular weight is 334 g/mol. The Morgan fingerprint density at radius 1 is 1.09 bits per heavy atom. The van der Waals surface area contributed by atoms with Crippen LogP contribution in [0, 0.1) is 11.6 Å². The van der Waals surface area contributed by atoms with Crippen LogP contribution in [-0.2, 0) is 0 Å². The number of pyridine rings is 1. The predicted molar refractivity (Wildman–Crippen MR) is 87.9 cm³/mol. The summed E-state index contributed by atoms with van der Waals surface area (Å²) in [5, 5.41) is 1.18. The highest BCUT2D eigenvalue weighted by Crippen LogP contribution is 2.40. The van der Waals surface area contributed by atoms with Gasteiger partial charge in [-0.25, -0.2) is 8.78 Å². The summed E-state index contributed by atoms with van der Waals surface area (Å²) in [5.41, 5.74) is 1.43. The molecule has 1 aromatic heterocycles. The molecule has 0 fully saturated rings. The molecule has 2 nitrogen and oxygen atoms in total. The molecule has 0 bridgehead atoms. The van der Waals surface area contributed by atoms with E-state index < -0.39 is 11.6 Å². The predicted octanol–water partition coefficient (Wildman–Crippen LogP) is 5.62. The van der Waals surface area contributed by atoms with Crippen molar-refractivity contribution >= 4 is 22.5 Å². The van der Waals surface area contributed by atoms with Gasteiger partial charge in [-0.05, 0) is 49.7 Å². The molecule has 0 amide bonds. The second kappa shape index (κ2) is 6.13. The minimum Gasteiger partial charge on any atom is -0.488 e. The molecule has 0 aliphatic carbocycles. The normalized spacial score (nSPS) is 11.2. The highest BCUT2D eigenvalue weighted by molar-refractivity contribution is 6.36. The average Bonchev–Trinajstić information content (AvgIpc) is 2.48. The topological polar surface area (TPSA) is 22.1 Å². The monoisotopic (exact) mass is 333 g/mol. The summed E-state index contributed by atoms with van der Waals surface area (Å²) in [6.45, 7) is 3.75. The van der Waals surface area contributed by atoms with Crippen molar-refractivity contribution in [2.45, 2.75) is 20.0 Å². The first kappa shape index (κ1) is 15.7. The molecule has 0 aliphatic rings. The van der Waals surface area contributed by atoms with Gasteiger partial charge in [0.1, 0.15) is 17.2 Å². The van der Waals surface area contributed by atoms with E-state index in [4.69, 9.17) is 16.3 Å². The number of fused-ring (bicyclic) bond motifs is 1. The van der Waals surface area contributed by atoms with Crippen molar-refractivity contribution in [3.8, 4) is 16.9 Å². The van der Waals surface area contributed by atoms with Crippen LogP contribution in [0.2, 0.25) is 5.02 Å². The molecule has 0 saturated carbocycles. The molecule has 3 rings (SSSR count). The molecule has 0 atom stereocenters. The molecule has 0 spiro atoms. The van der Waals surface area contributed by atoms with E-state index in [-0.39, 0.29) is 6.10 Å². The second-order valence-electron chi connectivity index (χ2n) is 5.46. The van der Waals surface area contributed by atoms with Gasteiger partial charge in [0.25, 0.3) is 0 Å². The number of aromatic nitrogens is 1. The van der Waals surface area contributed by atoms with Gasteiger partial charge < -0.3 is 4.74 Å². The van der Waals surface area contributed by atoms with Gasteiger partial charge in [0.15, 0.2) is 5.75 Å². The largest absolute Gasteiger partial charge is 0.488 e. The van der Waals surface area contributed by atoms with Crippen LogP contribution >= 0.6 is 11.6 Å². The summed E-state index contributed by atoms with van der Waals surface area (Å²) >= 11 is 6.32. The van der Waals surface area contributed by atoms with Gasteiger partial charge in [-0.15, -0.1) is 0 Å². The van der Waals surface area contributed by atoms with Crippen LogP contribution in [-0.4, -0.2) is 11.1 Å². The first-order chi connectivity index (χ1) is 11.0. The van der Waals surface area contributed by atoms with E-state index >= 15 is 0 Å². The number of hydrogen-bond donors (Lipinski definition) is 0. The zero-order chi connectivity index (χ0) is 16.6. The van der Waals surface area contributed by atoms with Gasteiger partial charge in [-0.2, -0.15) is 0 Å². The van der Waals surface area contributed by atoms with Gasteiger partial charge in [-0.1, -0.05) is 11.6 Å². The molecule has 2 aromatic carbocycles. The standard InChI is InChI=1S/C18H14ClF2NO/c1-10(2)23-18-15(11-6-12(20)8-13(21)7-11)9-16(19)14-4-3-5-22-17(14)18/h3-10H,1-2H3. The molecule has 118 valence electrons. The van der Waals surface area contributed by atoms with Crippen LogP contribution < -0.4 is 4.74 Å². The van der Waals surface area contributed by atoms with Crippen LogP contribution in [0.25, 0.3) is 22.0 Å². The lowest BCUT2D eigenvalue weighted by Gasteiger charge is -2.17. The number of rotatable bonds is 3. The van der Waals surface area contributed by atoms with Crippen LogP contribution in [0.5, 0.6) is 5.75 Å². The molecular weight excluding hydrogens is 320 g/mol. The first-order valence-electron chi connectivity index (χ1n) is 7.16. The van der Waals surface area contributed by atoms with E-state index in [1.54, 1.807) is 18.3 Å². The van der Waals surface area contributed by atoms with E-state index in [0.29, 0.717) is 27.4 Å². The molecule has 0 unspecified atom stereocenters. The van der Waals surface area contributed by atoms with Crippen molar-refractivity contribution in [2.75, 3.05) is 0 Å². The van der Waals surface area contributed by atoms with Crippen molar-refractivity contribution in [3.05, 3.63) is 59.3 Å². The third-order valence-electron chi connectivity index (χ3n) is 3.32. The Bertz CT molecular complexity index is 860. The lowest BCUT2D eigenvalue weighted by molar-refractivity contribution is 0.246. The maximum absolute atomic E-state index is 13.6. The summed E-state index contributed by atoms with van der Waals surface area (Å²) in [6, 6.07) is 8.57. The Labute approximate surface area is 137 Å². The van der Waals surface area contributed by atoms with E-state index in [1.807, 2.05) is 19.9 Å². The minimum atomic E-state index is -0.660. The fourth-order valence-corrected chi connectivity index (χ4v) is 2.72. The van der Waals surface area contributed by atoms with Crippen molar-refractivity contribution in [1.82, 2.24) is 4.98 Å². The summed E-state index contributed by atoms with van der Waals surface area (Å²) < 4.78 is 33.1. The summed E-state index contributed by atoms with van der Waals surface area (Å²) in [6.07, 6.45) is 1.50. The molecule has 23 heavy (non-hydrogen) atoms. The van der Waals surface area contributed by atoms with E-state index in [9.17, 15) is 8.78 Å². The van der Waals surface area contributed by atoms with Crippen molar-refractivity contribution < 1.29 is 13.5 Å². The lowest BCUT2D eigenvalue weighted by atomic mass is 10.0. The number of halogens is 3. The van der Waals surface area contributed by atoms with Gasteiger partial charge in [0, 0.05) is 23.2 Å². The molecule has 5 heteroatoms. The van der Waals surface area contributed by atoms with Crippen LogP contribution in [0.3, 0.4) is 0 Å². The summed E-state index contributed by atoms with van der Waals surface area (Å²) in [7, 11) is 0. The zero-order valence-electron chi connectivity index (χ0n) is 12.6. The van der Waals surface area contributed by atoms with Crippen LogP contribution in [0.15, 0.2) is 42.6 Å². The Hall–Kier alpha value is -2.20. The van der Waals surface area contributed by atoms with E-state index in [1.165, 1.54) is 12.1 Å². The Balaban J connectivity index is 2.34. The zero-order valence-corrected chi connectivity index (χ0v) is 13.4. The smallest absolute Gasteiger partial charge is 0.153 e. The Morgan fingerprint density at radius 2 is 1.78 bits per heavy atom. The molecule has 0 N–H and O–H groups in total. The van der Waals surface area contributed by atoms with Gasteiger partial charge in [0.2, 0.25) is 0 Å². The van der Waals surface area contributed by atoms with Gasteiger partial charge >= 0.3 is 0 Å². The quantitative estimate of drug-likeness (QED) is 0.620. The number of benzene rings is 2. The Morgan fingerprint density at radius 3 is 2.43 bits per heavy atom. The molecule has 3 aromatic rings. The number of nitrogens with zero attached hydrogens (tertiary/aromatic N) is 1. The van der Waals surface area contributed by atoms with Gasteiger partial charge in [0.05, 0.1) is 11.1 Å². The van der Waals surface area contributed by atoms with Gasteiger partial charge in [-0.3, -0.25) is 4.98 Å². The molecule has 0 saturated heterocycles. The van der Waals surface area contributed by atoms with Crippen molar-refractivity contribution in [1.29, 1.82) is 0 Å². The second-order valence-corrected chi connectivity index (χ2v) is 5.87. The SMILES string of the molecule is CC(C)Oc1c(-c2cc(F)cc(F)c2)cc(Cl)c2cccnc12. The lowest BCUT2D eigenvalue weighted by Crippen LogP contribution is -2.07. The highest BCUT2D eigenvalue weighted by atomic mass is 35.5. The summed E-state index contributed by atoms with van der Waals surface area (Å²) in [4.78, 5) is 4.33. The maximum atomic E-state index is 13.6. The fraction of sp³-hybridized carbons (Fsp3) is 0.167. The highest BCUT2D eigenvalue weighted by Gasteiger charge is 2.17. The minimum absolute atomic E-state index is 0.126. The van der Waals surface area contributed by atoms with Crippen LogP contribution in [0.1, 0.15) is 13.8 Å². The van der Waals surface area contributed by atoms with Crippen molar-refractivity contribution in [3.63, 3.8) is 0 Å². The third-order valence-corrected chi connectivity index (χ3v) is 3.64. The Kier molecular flexibility index (Phi) is 4.18. The van der Waals surface area contributed by atoms with E-state index in [2.05, 4.69) is 4.98 Å². The van der Waals surface area contributed by atoms with Crippen molar-refractivity contribution in [2.24, 2.45) is 0 Å². The third kappa shape index (κ3) is 3.13. The molecule has 1 heterocycles. The van der Waals surface area contributed by atoms with Crippen LogP contribution in [0.4, 0.5) is 8.78 Å². The maximum Gasteiger partial charge on any atom is 0.153 e. The number of hydrogen-bond acceptors (Lipinski definition) is 2.